The molecule has 3 aliphatic rings. The Morgan fingerprint density at radius 3 is 2.33 bits per heavy atom. The quantitative estimate of drug-likeness (QED) is 0.444. The van der Waals surface area contributed by atoms with E-state index in [0.29, 0.717) is 30.0 Å². The number of anilines is 2. The molecule has 2 atom stereocenters. The number of likely N-dealkylation sites (tertiary alicyclic amines) is 2. The van der Waals surface area contributed by atoms with Crippen LogP contribution in [0.4, 0.5) is 24.8 Å². The second kappa shape index (κ2) is 13.2. The number of carbonyl (C=O) groups excluding carboxylic acids is 2. The summed E-state index contributed by atoms with van der Waals surface area (Å²) in [7, 11) is 3.91. The van der Waals surface area contributed by atoms with E-state index < -0.39 is 11.7 Å². The van der Waals surface area contributed by atoms with Crippen molar-refractivity contribution in [2.24, 2.45) is 17.8 Å². The Balaban J connectivity index is 1.27. The fraction of sp³-hybridized carbons (Fsp3) is 0.625. The standard InChI is InChI=1S/C32H43F3N6O2/c1-21-11-17-41(18-12-21)30(43)26-6-4-5-23(26)19-28-27(32(33,34)35)20-36-31(38-28)37-24-9-7-22(8-10-24)29(42)40(3)25-13-15-39(2)16-14-25/h7-10,20-21,23,25-26H,4-6,11-19H2,1-3H3,(H,36,37,38)/t23-,26-/m0/s1. The normalized spacial score (nSPS) is 22.5. The fourth-order valence-electron chi connectivity index (χ4n) is 6.76. The van der Waals surface area contributed by atoms with Crippen LogP contribution in [0.2, 0.25) is 0 Å². The number of hydrogen-bond donors (Lipinski definition) is 1. The lowest BCUT2D eigenvalue weighted by molar-refractivity contribution is -0.138. The molecule has 0 bridgehead atoms. The summed E-state index contributed by atoms with van der Waals surface area (Å²) in [6.07, 6.45) is 2.31. The van der Waals surface area contributed by atoms with Crippen molar-refractivity contribution in [3.63, 3.8) is 0 Å². The van der Waals surface area contributed by atoms with Crippen molar-refractivity contribution in [3.8, 4) is 0 Å². The number of carbonyl (C=O) groups is 2. The topological polar surface area (TPSA) is 81.7 Å². The van der Waals surface area contributed by atoms with Gasteiger partial charge in [0.15, 0.2) is 0 Å². The Bertz CT molecular complexity index is 1270. The highest BCUT2D eigenvalue weighted by molar-refractivity contribution is 5.94. The van der Waals surface area contributed by atoms with Crippen LogP contribution in [-0.4, -0.2) is 82.8 Å². The van der Waals surface area contributed by atoms with Gasteiger partial charge in [-0.15, -0.1) is 0 Å². The molecule has 11 heteroatoms. The third-order valence-electron chi connectivity index (χ3n) is 9.64. The van der Waals surface area contributed by atoms with E-state index in [0.717, 1.165) is 64.5 Å². The first-order valence-electron chi connectivity index (χ1n) is 15.5. The van der Waals surface area contributed by atoms with Crippen LogP contribution in [-0.2, 0) is 17.4 Å². The van der Waals surface area contributed by atoms with E-state index in [-0.39, 0.29) is 47.8 Å². The highest BCUT2D eigenvalue weighted by Crippen LogP contribution is 2.39. The van der Waals surface area contributed by atoms with Gasteiger partial charge in [-0.05, 0) is 101 Å². The molecule has 8 nitrogen and oxygen atoms in total. The molecule has 234 valence electrons. The third kappa shape index (κ3) is 7.48. The Labute approximate surface area is 252 Å². The van der Waals surface area contributed by atoms with Crippen molar-refractivity contribution >= 4 is 23.5 Å². The smallest absolute Gasteiger partial charge is 0.342 e. The zero-order valence-corrected chi connectivity index (χ0v) is 25.4. The van der Waals surface area contributed by atoms with Gasteiger partial charge in [-0.3, -0.25) is 9.59 Å². The third-order valence-corrected chi connectivity index (χ3v) is 9.64. The van der Waals surface area contributed by atoms with E-state index in [9.17, 15) is 22.8 Å². The van der Waals surface area contributed by atoms with Crippen LogP contribution in [0, 0.1) is 17.8 Å². The average molecular weight is 601 g/mol. The maximum absolute atomic E-state index is 14.0. The summed E-state index contributed by atoms with van der Waals surface area (Å²) in [4.78, 5) is 40.7. The van der Waals surface area contributed by atoms with Gasteiger partial charge >= 0.3 is 6.18 Å². The molecular weight excluding hydrogens is 557 g/mol. The van der Waals surface area contributed by atoms with E-state index in [1.807, 2.05) is 11.9 Å². The lowest BCUT2D eigenvalue weighted by atomic mass is 9.88. The van der Waals surface area contributed by atoms with Gasteiger partial charge in [-0.25, -0.2) is 9.97 Å². The van der Waals surface area contributed by atoms with E-state index in [1.54, 1.807) is 29.2 Å². The largest absolute Gasteiger partial charge is 0.419 e. The number of rotatable bonds is 7. The molecule has 2 amide bonds. The fourth-order valence-corrected chi connectivity index (χ4v) is 6.76. The molecule has 2 aromatic rings. The molecule has 0 spiro atoms. The van der Waals surface area contributed by atoms with Gasteiger partial charge in [0, 0.05) is 49.5 Å². The first-order chi connectivity index (χ1) is 20.5. The van der Waals surface area contributed by atoms with Crippen molar-refractivity contribution in [3.05, 3.63) is 47.3 Å². The Morgan fingerprint density at radius 2 is 1.67 bits per heavy atom. The molecule has 3 heterocycles. The van der Waals surface area contributed by atoms with Crippen LogP contribution in [0.3, 0.4) is 0 Å². The molecule has 0 unspecified atom stereocenters. The number of alkyl halides is 3. The summed E-state index contributed by atoms with van der Waals surface area (Å²) < 4.78 is 42.0. The molecule has 5 rings (SSSR count). The van der Waals surface area contributed by atoms with Crippen LogP contribution < -0.4 is 5.32 Å². The maximum atomic E-state index is 14.0. The molecule has 1 aromatic heterocycles. The van der Waals surface area contributed by atoms with Gasteiger partial charge < -0.3 is 20.0 Å². The molecule has 43 heavy (non-hydrogen) atoms. The zero-order valence-electron chi connectivity index (χ0n) is 25.4. The number of amides is 2. The molecule has 0 radical (unpaired) electrons. The molecule has 1 aromatic carbocycles. The Hall–Kier alpha value is -3.21. The van der Waals surface area contributed by atoms with E-state index >= 15 is 0 Å². The lowest BCUT2D eigenvalue weighted by Gasteiger charge is -2.35. The van der Waals surface area contributed by atoms with E-state index in [1.165, 1.54) is 0 Å². The van der Waals surface area contributed by atoms with Crippen LogP contribution in [0.1, 0.15) is 73.5 Å². The number of piperidine rings is 2. The number of hydrogen-bond acceptors (Lipinski definition) is 6. The van der Waals surface area contributed by atoms with Gasteiger partial charge in [-0.2, -0.15) is 13.2 Å². The van der Waals surface area contributed by atoms with Crippen molar-refractivity contribution in [1.29, 1.82) is 0 Å². The molecule has 1 saturated carbocycles. The molecule has 3 fully saturated rings. The minimum Gasteiger partial charge on any atom is -0.342 e. The van der Waals surface area contributed by atoms with Gasteiger partial charge in [0.2, 0.25) is 11.9 Å². The van der Waals surface area contributed by atoms with Gasteiger partial charge in [0.05, 0.1) is 11.3 Å². The summed E-state index contributed by atoms with van der Waals surface area (Å²) in [6.45, 7) is 5.53. The first kappa shape index (κ1) is 31.2. The predicted octanol–water partition coefficient (Wildman–Crippen LogP) is 5.62. The van der Waals surface area contributed by atoms with Crippen molar-refractivity contribution < 1.29 is 22.8 Å². The maximum Gasteiger partial charge on any atom is 0.419 e. The Morgan fingerprint density at radius 1 is 1.00 bits per heavy atom. The zero-order chi connectivity index (χ0) is 30.7. The minimum atomic E-state index is -4.60. The second-order valence-corrected chi connectivity index (χ2v) is 12.7. The van der Waals surface area contributed by atoms with Crippen LogP contribution in [0.15, 0.2) is 30.5 Å². The van der Waals surface area contributed by atoms with Crippen molar-refractivity contribution in [1.82, 2.24) is 24.7 Å². The summed E-state index contributed by atoms with van der Waals surface area (Å²) in [6, 6.07) is 7.02. The summed E-state index contributed by atoms with van der Waals surface area (Å²) in [5.41, 5.74) is 0.160. The summed E-state index contributed by atoms with van der Waals surface area (Å²) in [5, 5.41) is 3.01. The van der Waals surface area contributed by atoms with Crippen LogP contribution >= 0.6 is 0 Å². The van der Waals surface area contributed by atoms with Crippen LogP contribution in [0.5, 0.6) is 0 Å². The minimum absolute atomic E-state index is 0.0522. The summed E-state index contributed by atoms with van der Waals surface area (Å²) >= 11 is 0. The van der Waals surface area contributed by atoms with E-state index in [2.05, 4.69) is 34.2 Å². The van der Waals surface area contributed by atoms with Gasteiger partial charge in [0.25, 0.3) is 5.91 Å². The first-order valence-corrected chi connectivity index (χ1v) is 15.5. The number of nitrogens with one attached hydrogen (secondary N) is 1. The van der Waals surface area contributed by atoms with Crippen molar-refractivity contribution in [2.75, 3.05) is 45.6 Å². The number of benzene rings is 1. The number of aromatic nitrogens is 2. The van der Waals surface area contributed by atoms with Gasteiger partial charge in [0.1, 0.15) is 0 Å². The predicted molar refractivity (Wildman–Crippen MR) is 159 cm³/mol. The molecule has 1 aliphatic carbocycles. The Kier molecular flexibility index (Phi) is 9.58. The monoisotopic (exact) mass is 600 g/mol. The number of halogens is 3. The van der Waals surface area contributed by atoms with Gasteiger partial charge in [-0.1, -0.05) is 13.3 Å². The highest BCUT2D eigenvalue weighted by Gasteiger charge is 2.40. The lowest BCUT2D eigenvalue weighted by Crippen LogP contribution is -2.44. The second-order valence-electron chi connectivity index (χ2n) is 12.7. The molecule has 2 saturated heterocycles. The number of nitrogens with zero attached hydrogens (tertiary/aromatic N) is 5. The summed E-state index contributed by atoms with van der Waals surface area (Å²) in [5.74, 6) is 0.185. The highest BCUT2D eigenvalue weighted by atomic mass is 19.4. The van der Waals surface area contributed by atoms with Crippen LogP contribution in [0.25, 0.3) is 0 Å². The molecule has 2 aliphatic heterocycles. The van der Waals surface area contributed by atoms with E-state index in [4.69, 9.17) is 0 Å². The molecular formula is C32H43F3N6O2. The average Bonchev–Trinajstić information content (AvgIpc) is 3.45. The van der Waals surface area contributed by atoms with Crippen molar-refractivity contribution in [2.45, 2.75) is 70.5 Å². The molecule has 1 N–H and O–H groups in total. The SMILES string of the molecule is CC1CCN(C(=O)[C@H]2CCC[C@H]2Cc2nc(Nc3ccc(C(=O)N(C)C4CCN(C)CC4)cc3)ncc2C(F)(F)F)CC1.